The van der Waals surface area contributed by atoms with Crippen LogP contribution in [0.2, 0.25) is 0 Å². The van der Waals surface area contributed by atoms with Crippen molar-refractivity contribution in [3.05, 3.63) is 81.3 Å². The Hall–Kier alpha value is -3.19. The molecule has 0 N–H and O–H groups in total. The first-order chi connectivity index (χ1) is 16.6. The Bertz CT molecular complexity index is 1340. The van der Waals surface area contributed by atoms with Crippen LogP contribution in [-0.4, -0.2) is 35.3 Å². The molecule has 0 saturated carbocycles. The van der Waals surface area contributed by atoms with E-state index in [1.807, 2.05) is 36.1 Å². The number of piperidine rings is 1. The summed E-state index contributed by atoms with van der Waals surface area (Å²) in [6, 6.07) is 15.9. The molecule has 0 aliphatic carbocycles. The van der Waals surface area contributed by atoms with Crippen molar-refractivity contribution in [3.8, 4) is 17.2 Å². The second-order valence-corrected chi connectivity index (χ2v) is 10.3. The Balaban J connectivity index is 1.53. The minimum absolute atomic E-state index is 0.0125. The molecule has 3 aliphatic heterocycles. The number of amides is 1. The largest absolute Gasteiger partial charge is 0.454 e. The van der Waals surface area contributed by atoms with Gasteiger partial charge in [0.2, 0.25) is 6.79 Å². The van der Waals surface area contributed by atoms with Gasteiger partial charge in [-0.25, -0.2) is 0 Å². The molecule has 1 unspecified atom stereocenters. The molecule has 1 saturated heterocycles. The van der Waals surface area contributed by atoms with E-state index < -0.39 is 0 Å². The fourth-order valence-corrected chi connectivity index (χ4v) is 6.49. The smallest absolute Gasteiger partial charge is 0.259 e. The van der Waals surface area contributed by atoms with E-state index in [0.29, 0.717) is 25.1 Å². The second kappa shape index (κ2) is 8.55. The van der Waals surface area contributed by atoms with Crippen molar-refractivity contribution in [2.24, 2.45) is 0 Å². The van der Waals surface area contributed by atoms with E-state index >= 15 is 0 Å². The van der Waals surface area contributed by atoms with Gasteiger partial charge in [-0.1, -0.05) is 18.2 Å². The number of benzene rings is 2. The number of hydrogen-bond acceptors (Lipinski definition) is 5. The van der Waals surface area contributed by atoms with E-state index in [0.717, 1.165) is 58.3 Å². The first kappa shape index (κ1) is 21.4. The van der Waals surface area contributed by atoms with Crippen molar-refractivity contribution >= 4 is 17.7 Å². The molecule has 1 aromatic heterocycles. The number of aryl methyl sites for hydroxylation is 1. The fraction of sp³-hybridized carbons (Fsp3) is 0.333. The van der Waals surface area contributed by atoms with Crippen LogP contribution in [0.25, 0.3) is 5.69 Å². The number of fused-ring (bicyclic) bond motifs is 4. The number of carbonyl (C=O) groups is 1. The molecule has 174 valence electrons. The van der Waals surface area contributed by atoms with Crippen molar-refractivity contribution in [1.82, 2.24) is 9.47 Å². The molecule has 1 fully saturated rings. The maximum atomic E-state index is 13.7. The molecule has 0 bridgehead atoms. The van der Waals surface area contributed by atoms with Crippen LogP contribution in [0, 0.1) is 6.92 Å². The Morgan fingerprint density at radius 2 is 1.79 bits per heavy atom. The van der Waals surface area contributed by atoms with Crippen molar-refractivity contribution in [3.63, 3.8) is 0 Å². The standard InChI is InChI=1S/C27H26N2O4S/c1-17-13-21(30)26(27(31)28-11-5-2-6-12-28)20-15-25(18-9-10-22-23(14-18)33-16-32-22)34-24-8-4-3-7-19(24)29(17)20/h3-4,7-10,13-14,25H,2,5-6,11-12,15-16H2,1H3. The van der Waals surface area contributed by atoms with Gasteiger partial charge in [-0.3, -0.25) is 9.59 Å². The van der Waals surface area contributed by atoms with Gasteiger partial charge in [-0.15, -0.1) is 11.8 Å². The molecule has 6 nitrogen and oxygen atoms in total. The minimum Gasteiger partial charge on any atom is -0.454 e. The zero-order valence-electron chi connectivity index (χ0n) is 19.1. The second-order valence-electron chi connectivity index (χ2n) is 9.05. The van der Waals surface area contributed by atoms with Crippen LogP contribution in [0.1, 0.15) is 51.8 Å². The molecule has 4 heterocycles. The monoisotopic (exact) mass is 474 g/mol. The summed E-state index contributed by atoms with van der Waals surface area (Å²) in [6.45, 7) is 3.60. The lowest BCUT2D eigenvalue weighted by atomic mass is 10.00. The summed E-state index contributed by atoms with van der Waals surface area (Å²) in [7, 11) is 0. The third-order valence-electron chi connectivity index (χ3n) is 6.88. The molecule has 3 aliphatic rings. The molecule has 3 aromatic rings. The first-order valence-corrected chi connectivity index (χ1v) is 12.7. The van der Waals surface area contributed by atoms with E-state index in [9.17, 15) is 9.59 Å². The number of aromatic nitrogens is 1. The van der Waals surface area contributed by atoms with Crippen LogP contribution in [-0.2, 0) is 6.42 Å². The van der Waals surface area contributed by atoms with Crippen LogP contribution in [0.3, 0.4) is 0 Å². The number of carbonyl (C=O) groups excluding carboxylic acids is 1. The highest BCUT2D eigenvalue weighted by molar-refractivity contribution is 7.99. The van der Waals surface area contributed by atoms with Gasteiger partial charge in [-0.2, -0.15) is 0 Å². The summed E-state index contributed by atoms with van der Waals surface area (Å²) in [5.41, 5.74) is 3.86. The summed E-state index contributed by atoms with van der Waals surface area (Å²) in [4.78, 5) is 30.0. The predicted octanol–water partition coefficient (Wildman–Crippen LogP) is 4.89. The minimum atomic E-state index is -0.187. The summed E-state index contributed by atoms with van der Waals surface area (Å²) >= 11 is 1.76. The summed E-state index contributed by atoms with van der Waals surface area (Å²) in [5.74, 6) is 1.35. The summed E-state index contributed by atoms with van der Waals surface area (Å²) in [6.07, 6.45) is 3.66. The van der Waals surface area contributed by atoms with Crippen LogP contribution < -0.4 is 14.9 Å². The Morgan fingerprint density at radius 3 is 2.65 bits per heavy atom. The SMILES string of the molecule is Cc1cc(=O)c(C(=O)N2CCCCC2)c2n1-c1ccccc1SC(c1ccc3c(c1)OCO3)C2. The van der Waals surface area contributed by atoms with Crippen LogP contribution >= 0.6 is 11.8 Å². The lowest BCUT2D eigenvalue weighted by Crippen LogP contribution is -2.39. The average Bonchev–Trinajstić information content (AvgIpc) is 3.25. The van der Waals surface area contributed by atoms with Crippen LogP contribution in [0.4, 0.5) is 0 Å². The highest BCUT2D eigenvalue weighted by atomic mass is 32.2. The molecule has 1 amide bonds. The highest BCUT2D eigenvalue weighted by Gasteiger charge is 2.32. The van der Waals surface area contributed by atoms with Gasteiger partial charge in [-0.05, 0) is 56.0 Å². The van der Waals surface area contributed by atoms with E-state index in [4.69, 9.17) is 9.47 Å². The van der Waals surface area contributed by atoms with Gasteiger partial charge in [0, 0.05) is 47.1 Å². The zero-order chi connectivity index (χ0) is 23.2. The van der Waals surface area contributed by atoms with Gasteiger partial charge < -0.3 is 18.9 Å². The molecule has 7 heteroatoms. The van der Waals surface area contributed by atoms with Crippen molar-refractivity contribution < 1.29 is 14.3 Å². The number of para-hydroxylation sites is 1. The zero-order valence-corrected chi connectivity index (χ0v) is 19.9. The van der Waals surface area contributed by atoms with Crippen molar-refractivity contribution in [2.75, 3.05) is 19.9 Å². The number of rotatable bonds is 2. The van der Waals surface area contributed by atoms with Crippen LogP contribution in [0.5, 0.6) is 11.5 Å². The molecular formula is C27H26N2O4S. The van der Waals surface area contributed by atoms with Gasteiger partial charge in [0.25, 0.3) is 5.91 Å². The third-order valence-corrected chi connectivity index (χ3v) is 8.20. The third kappa shape index (κ3) is 3.59. The van der Waals surface area contributed by atoms with E-state index in [1.54, 1.807) is 17.8 Å². The Morgan fingerprint density at radius 1 is 1.00 bits per heavy atom. The highest BCUT2D eigenvalue weighted by Crippen LogP contribution is 2.46. The molecule has 6 rings (SSSR count). The maximum absolute atomic E-state index is 13.7. The molecule has 1 atom stereocenters. The molecule has 2 aromatic carbocycles. The Kier molecular flexibility index (Phi) is 5.37. The van der Waals surface area contributed by atoms with Gasteiger partial charge in [0.05, 0.1) is 5.69 Å². The quantitative estimate of drug-likeness (QED) is 0.529. The topological polar surface area (TPSA) is 60.8 Å². The predicted molar refractivity (Wildman–Crippen MR) is 131 cm³/mol. The van der Waals surface area contributed by atoms with E-state index in [-0.39, 0.29) is 23.4 Å². The lowest BCUT2D eigenvalue weighted by molar-refractivity contribution is 0.0721. The number of likely N-dealkylation sites (tertiary alicyclic amines) is 1. The maximum Gasteiger partial charge on any atom is 0.259 e. The summed E-state index contributed by atoms with van der Waals surface area (Å²) < 4.78 is 13.3. The number of thioether (sulfide) groups is 1. The molecule has 34 heavy (non-hydrogen) atoms. The van der Waals surface area contributed by atoms with Gasteiger partial charge in [0.15, 0.2) is 16.9 Å². The lowest BCUT2D eigenvalue weighted by Gasteiger charge is -2.28. The normalized spacial score (nSPS) is 18.7. The van der Waals surface area contributed by atoms with Gasteiger partial charge in [0.1, 0.15) is 5.56 Å². The average molecular weight is 475 g/mol. The first-order valence-electron chi connectivity index (χ1n) is 11.8. The van der Waals surface area contributed by atoms with Crippen molar-refractivity contribution in [2.45, 2.75) is 42.8 Å². The number of ether oxygens (including phenoxy) is 2. The summed E-state index contributed by atoms with van der Waals surface area (Å²) in [5, 5.41) is 0.0125. The van der Waals surface area contributed by atoms with Gasteiger partial charge >= 0.3 is 0 Å². The Labute approximate surface area is 202 Å². The number of nitrogens with zero attached hydrogens (tertiary/aromatic N) is 2. The number of hydrogen-bond donors (Lipinski definition) is 0. The van der Waals surface area contributed by atoms with Crippen LogP contribution in [0.15, 0.2) is 58.2 Å². The number of pyridine rings is 1. The van der Waals surface area contributed by atoms with Crippen molar-refractivity contribution in [1.29, 1.82) is 0 Å². The molecular weight excluding hydrogens is 448 g/mol. The fourth-order valence-electron chi connectivity index (χ4n) is 5.22. The molecule has 0 spiro atoms. The van der Waals surface area contributed by atoms with E-state index in [2.05, 4.69) is 22.8 Å². The molecule has 0 radical (unpaired) electrons. The van der Waals surface area contributed by atoms with E-state index in [1.165, 1.54) is 0 Å².